The summed E-state index contributed by atoms with van der Waals surface area (Å²) in [5.41, 5.74) is 5.73. The number of nitrogens with two attached hydrogens (primary N) is 1. The molecular weight excluding hydrogens is 240 g/mol. The summed E-state index contributed by atoms with van der Waals surface area (Å²) in [6.45, 7) is 3.14. The van der Waals surface area contributed by atoms with E-state index in [0.29, 0.717) is 25.2 Å². The third kappa shape index (κ3) is 4.71. The Morgan fingerprint density at radius 2 is 1.89 bits per heavy atom. The molecule has 2 aliphatic rings. The van der Waals surface area contributed by atoms with Crippen molar-refractivity contribution in [1.82, 2.24) is 4.90 Å². The van der Waals surface area contributed by atoms with Crippen molar-refractivity contribution in [2.45, 2.75) is 56.6 Å². The molecule has 0 aromatic carbocycles. The van der Waals surface area contributed by atoms with Gasteiger partial charge in [0.1, 0.15) is 0 Å². The zero-order chi connectivity index (χ0) is 13.7. The van der Waals surface area contributed by atoms with E-state index in [-0.39, 0.29) is 0 Å². The minimum Gasteiger partial charge on any atom is -0.388 e. The van der Waals surface area contributed by atoms with Crippen LogP contribution in [0.15, 0.2) is 0 Å². The molecule has 0 amide bonds. The van der Waals surface area contributed by atoms with Gasteiger partial charge < -0.3 is 20.5 Å². The topological polar surface area (TPSA) is 58.7 Å². The molecule has 0 spiro atoms. The second-order valence-corrected chi connectivity index (χ2v) is 6.60. The zero-order valence-electron chi connectivity index (χ0n) is 12.3. The van der Waals surface area contributed by atoms with Crippen LogP contribution in [0.4, 0.5) is 0 Å². The van der Waals surface area contributed by atoms with Crippen LogP contribution in [0.25, 0.3) is 0 Å². The van der Waals surface area contributed by atoms with Crippen LogP contribution in [0.3, 0.4) is 0 Å². The average Bonchev–Trinajstić information content (AvgIpc) is 2.55. The number of aliphatic hydroxyl groups is 1. The van der Waals surface area contributed by atoms with Gasteiger partial charge in [0.05, 0.1) is 5.60 Å². The van der Waals surface area contributed by atoms with Gasteiger partial charge in [-0.1, -0.05) is 19.3 Å². The van der Waals surface area contributed by atoms with Crippen molar-refractivity contribution in [2.24, 2.45) is 11.7 Å². The molecule has 1 saturated heterocycles. The van der Waals surface area contributed by atoms with Gasteiger partial charge in [0.15, 0.2) is 0 Å². The van der Waals surface area contributed by atoms with E-state index in [1.54, 1.807) is 0 Å². The summed E-state index contributed by atoms with van der Waals surface area (Å²) in [6.07, 6.45) is 7.84. The zero-order valence-corrected chi connectivity index (χ0v) is 12.3. The van der Waals surface area contributed by atoms with Crippen molar-refractivity contribution in [3.8, 4) is 0 Å². The monoisotopic (exact) mass is 270 g/mol. The first kappa shape index (κ1) is 15.2. The average molecular weight is 270 g/mol. The molecule has 0 aromatic heterocycles. The molecule has 2 unspecified atom stereocenters. The first-order chi connectivity index (χ1) is 9.09. The van der Waals surface area contributed by atoms with Crippen molar-refractivity contribution < 1.29 is 9.84 Å². The van der Waals surface area contributed by atoms with Crippen LogP contribution in [-0.2, 0) is 4.74 Å². The van der Waals surface area contributed by atoms with Gasteiger partial charge in [-0.05, 0) is 25.8 Å². The highest BCUT2D eigenvalue weighted by atomic mass is 16.5. The Hall–Kier alpha value is -0.160. The minimum absolute atomic E-state index is 0.342. The highest BCUT2D eigenvalue weighted by Crippen LogP contribution is 2.25. The van der Waals surface area contributed by atoms with Crippen molar-refractivity contribution in [2.75, 3.05) is 33.4 Å². The fourth-order valence-electron chi connectivity index (χ4n) is 3.52. The Labute approximate surface area is 117 Å². The van der Waals surface area contributed by atoms with Gasteiger partial charge in [0, 0.05) is 45.2 Å². The Kier molecular flexibility index (Phi) is 5.63. The molecule has 3 N–H and O–H groups in total. The molecule has 1 aliphatic heterocycles. The van der Waals surface area contributed by atoms with E-state index >= 15 is 0 Å². The lowest BCUT2D eigenvalue weighted by molar-refractivity contribution is -0.0783. The molecule has 1 heterocycles. The molecule has 2 fully saturated rings. The summed E-state index contributed by atoms with van der Waals surface area (Å²) < 4.78 is 5.33. The highest BCUT2D eigenvalue weighted by Gasteiger charge is 2.32. The second kappa shape index (κ2) is 7.02. The third-order valence-corrected chi connectivity index (χ3v) is 4.75. The van der Waals surface area contributed by atoms with Crippen molar-refractivity contribution in [3.63, 3.8) is 0 Å². The Morgan fingerprint density at radius 3 is 2.63 bits per heavy atom. The first-order valence-corrected chi connectivity index (χ1v) is 7.83. The van der Waals surface area contributed by atoms with E-state index in [0.717, 1.165) is 32.4 Å². The summed E-state index contributed by atoms with van der Waals surface area (Å²) in [6, 6.07) is 0.342. The fraction of sp³-hybridized carbons (Fsp3) is 1.00. The summed E-state index contributed by atoms with van der Waals surface area (Å²) >= 11 is 0. The Bertz CT molecular complexity index is 267. The van der Waals surface area contributed by atoms with E-state index in [1.165, 1.54) is 25.7 Å². The van der Waals surface area contributed by atoms with Crippen LogP contribution in [0, 0.1) is 5.92 Å². The molecule has 1 saturated carbocycles. The normalized spacial score (nSPS) is 32.2. The van der Waals surface area contributed by atoms with Crippen molar-refractivity contribution >= 4 is 0 Å². The molecule has 2 rings (SSSR count). The first-order valence-electron chi connectivity index (χ1n) is 7.83. The quantitative estimate of drug-likeness (QED) is 0.758. The van der Waals surface area contributed by atoms with Crippen molar-refractivity contribution in [3.05, 3.63) is 0 Å². The number of nitrogens with zero attached hydrogens (tertiary/aromatic N) is 1. The van der Waals surface area contributed by atoms with Crippen LogP contribution in [0.1, 0.15) is 44.9 Å². The molecule has 0 bridgehead atoms. The standard InChI is InChI=1S/C15H30N2O2/c1-17(12-15(18)7-9-19-10-8-15)11-13-5-3-2-4-6-14(13)16/h13-14,18H,2-12,16H2,1H3. The number of hydrogen-bond donors (Lipinski definition) is 2. The Balaban J connectivity index is 1.80. The van der Waals surface area contributed by atoms with Gasteiger partial charge in [0.2, 0.25) is 0 Å². The molecule has 0 radical (unpaired) electrons. The van der Waals surface area contributed by atoms with Gasteiger partial charge in [-0.15, -0.1) is 0 Å². The summed E-state index contributed by atoms with van der Waals surface area (Å²) in [5, 5.41) is 10.5. The Morgan fingerprint density at radius 1 is 1.21 bits per heavy atom. The molecule has 19 heavy (non-hydrogen) atoms. The largest absolute Gasteiger partial charge is 0.388 e. The molecule has 112 valence electrons. The van der Waals surface area contributed by atoms with Gasteiger partial charge in [-0.2, -0.15) is 0 Å². The molecule has 4 nitrogen and oxygen atoms in total. The van der Waals surface area contributed by atoms with Gasteiger partial charge in [0.25, 0.3) is 0 Å². The number of likely N-dealkylation sites (N-methyl/N-ethyl adjacent to an activating group) is 1. The van der Waals surface area contributed by atoms with Gasteiger partial charge >= 0.3 is 0 Å². The smallest absolute Gasteiger partial charge is 0.0817 e. The maximum absolute atomic E-state index is 10.5. The predicted octanol–water partition coefficient (Wildman–Crippen LogP) is 1.37. The summed E-state index contributed by atoms with van der Waals surface area (Å²) in [4.78, 5) is 2.28. The SMILES string of the molecule is CN(CC1CCCCCC1N)CC1(O)CCOCC1. The lowest BCUT2D eigenvalue weighted by Crippen LogP contribution is -2.48. The summed E-state index contributed by atoms with van der Waals surface area (Å²) in [5.74, 6) is 0.593. The third-order valence-electron chi connectivity index (χ3n) is 4.75. The summed E-state index contributed by atoms with van der Waals surface area (Å²) in [7, 11) is 2.12. The van der Waals surface area contributed by atoms with Crippen LogP contribution in [0.5, 0.6) is 0 Å². The lowest BCUT2D eigenvalue weighted by atomic mass is 9.91. The predicted molar refractivity (Wildman–Crippen MR) is 77.1 cm³/mol. The van der Waals surface area contributed by atoms with E-state index in [2.05, 4.69) is 11.9 Å². The molecule has 4 heteroatoms. The molecule has 1 aliphatic carbocycles. The molecular formula is C15H30N2O2. The van der Waals surface area contributed by atoms with Crippen molar-refractivity contribution in [1.29, 1.82) is 0 Å². The maximum Gasteiger partial charge on any atom is 0.0817 e. The van der Waals surface area contributed by atoms with Crippen LogP contribution < -0.4 is 5.73 Å². The van der Waals surface area contributed by atoms with E-state index in [9.17, 15) is 5.11 Å². The fourth-order valence-corrected chi connectivity index (χ4v) is 3.52. The number of ether oxygens (including phenoxy) is 1. The van der Waals surface area contributed by atoms with Crippen LogP contribution in [0.2, 0.25) is 0 Å². The van der Waals surface area contributed by atoms with Crippen LogP contribution in [-0.4, -0.2) is 55.0 Å². The van der Waals surface area contributed by atoms with Crippen LogP contribution >= 0.6 is 0 Å². The van der Waals surface area contributed by atoms with E-state index in [4.69, 9.17) is 10.5 Å². The molecule has 2 atom stereocenters. The highest BCUT2D eigenvalue weighted by molar-refractivity contribution is 4.86. The maximum atomic E-state index is 10.5. The lowest BCUT2D eigenvalue weighted by Gasteiger charge is -2.37. The minimum atomic E-state index is -0.554. The molecule has 0 aromatic rings. The van der Waals surface area contributed by atoms with Gasteiger partial charge in [-0.25, -0.2) is 0 Å². The van der Waals surface area contributed by atoms with Gasteiger partial charge in [-0.3, -0.25) is 0 Å². The second-order valence-electron chi connectivity index (χ2n) is 6.60. The van der Waals surface area contributed by atoms with E-state index < -0.39 is 5.60 Å². The van der Waals surface area contributed by atoms with E-state index in [1.807, 2.05) is 0 Å². The number of hydrogen-bond acceptors (Lipinski definition) is 4. The number of rotatable bonds is 4.